The fourth-order valence-electron chi connectivity index (χ4n) is 1.54. The van der Waals surface area contributed by atoms with Gasteiger partial charge in [-0.2, -0.15) is 0 Å². The van der Waals surface area contributed by atoms with Crippen LogP contribution in [0.3, 0.4) is 0 Å². The molecule has 96 valence electrons. The van der Waals surface area contributed by atoms with Crippen LogP contribution in [0, 0.1) is 0 Å². The van der Waals surface area contributed by atoms with Gasteiger partial charge in [0, 0.05) is 12.2 Å². The normalized spacial score (nSPS) is 13.5. The summed E-state index contributed by atoms with van der Waals surface area (Å²) in [7, 11) is -3.12. The molecule has 1 aromatic rings. The minimum atomic E-state index is -3.12. The molecule has 17 heavy (non-hydrogen) atoms. The second kappa shape index (κ2) is 6.02. The zero-order valence-electron chi connectivity index (χ0n) is 10.3. The molecule has 4 nitrogen and oxygen atoms in total. The molecule has 0 aliphatic heterocycles. The van der Waals surface area contributed by atoms with E-state index in [2.05, 4.69) is 4.72 Å². The van der Waals surface area contributed by atoms with Crippen molar-refractivity contribution in [3.63, 3.8) is 0 Å². The fourth-order valence-corrected chi connectivity index (χ4v) is 2.72. The van der Waals surface area contributed by atoms with E-state index in [0.717, 1.165) is 5.56 Å². The average molecular weight is 256 g/mol. The van der Waals surface area contributed by atoms with Crippen LogP contribution in [0.25, 0.3) is 0 Å². The van der Waals surface area contributed by atoms with Crippen molar-refractivity contribution in [3.8, 4) is 0 Å². The van der Waals surface area contributed by atoms with Crippen LogP contribution < -0.4 is 10.5 Å². The lowest BCUT2D eigenvalue weighted by Gasteiger charge is -2.13. The smallest absolute Gasteiger partial charge is 0.211 e. The monoisotopic (exact) mass is 256 g/mol. The maximum absolute atomic E-state index is 11.5. The third-order valence-corrected chi connectivity index (χ3v) is 4.14. The molecule has 0 saturated carbocycles. The van der Waals surface area contributed by atoms with Gasteiger partial charge in [0.15, 0.2) is 0 Å². The predicted molar refractivity (Wildman–Crippen MR) is 71.3 cm³/mol. The summed E-state index contributed by atoms with van der Waals surface area (Å²) >= 11 is 0. The van der Waals surface area contributed by atoms with E-state index in [1.807, 2.05) is 38.1 Å². The van der Waals surface area contributed by atoms with Crippen LogP contribution in [0.4, 0.5) is 5.69 Å². The third-order valence-electron chi connectivity index (χ3n) is 2.59. The van der Waals surface area contributed by atoms with E-state index in [4.69, 9.17) is 5.73 Å². The molecule has 3 N–H and O–H groups in total. The summed E-state index contributed by atoms with van der Waals surface area (Å²) in [5.74, 6) is 0.323. The Balaban J connectivity index is 2.55. The van der Waals surface area contributed by atoms with Crippen molar-refractivity contribution in [1.29, 1.82) is 0 Å². The van der Waals surface area contributed by atoms with Crippen LogP contribution in [0.5, 0.6) is 0 Å². The van der Waals surface area contributed by atoms with E-state index in [0.29, 0.717) is 18.7 Å². The first-order chi connectivity index (χ1) is 7.94. The second-order valence-electron chi connectivity index (χ2n) is 4.24. The molecule has 0 aliphatic rings. The first kappa shape index (κ1) is 14.0. The van der Waals surface area contributed by atoms with Crippen molar-refractivity contribution in [1.82, 2.24) is 4.72 Å². The van der Waals surface area contributed by atoms with Gasteiger partial charge in [0.05, 0.1) is 5.75 Å². The Morgan fingerprint density at radius 3 is 2.41 bits per heavy atom. The van der Waals surface area contributed by atoms with Gasteiger partial charge in [-0.3, -0.25) is 0 Å². The lowest BCUT2D eigenvalue weighted by molar-refractivity contribution is 0.573. The number of benzene rings is 1. The highest BCUT2D eigenvalue weighted by Crippen LogP contribution is 2.16. The van der Waals surface area contributed by atoms with Crippen LogP contribution in [-0.4, -0.2) is 20.7 Å². The van der Waals surface area contributed by atoms with Gasteiger partial charge in [-0.1, -0.05) is 26.0 Å². The molecule has 1 aromatic carbocycles. The Morgan fingerprint density at radius 2 is 1.88 bits per heavy atom. The van der Waals surface area contributed by atoms with Crippen molar-refractivity contribution >= 4 is 15.7 Å². The highest BCUT2D eigenvalue weighted by Gasteiger charge is 2.11. The lowest BCUT2D eigenvalue weighted by atomic mass is 10.0. The maximum atomic E-state index is 11.5. The molecule has 0 unspecified atom stereocenters. The number of sulfonamides is 1. The first-order valence-corrected chi connectivity index (χ1v) is 7.42. The second-order valence-corrected chi connectivity index (χ2v) is 6.16. The standard InChI is InChI=1S/C12H20N2O2S/c1-3-8-17(15,16)14-9-10(2)11-4-6-12(13)7-5-11/h4-7,10,14H,3,8-9,13H2,1-2H3/t10-/m1/s1. The van der Waals surface area contributed by atoms with Crippen LogP contribution in [0.2, 0.25) is 0 Å². The minimum absolute atomic E-state index is 0.141. The van der Waals surface area contributed by atoms with Gasteiger partial charge < -0.3 is 5.73 Å². The number of hydrogen-bond acceptors (Lipinski definition) is 3. The molecule has 1 rings (SSSR count). The summed E-state index contributed by atoms with van der Waals surface area (Å²) in [5.41, 5.74) is 7.40. The zero-order valence-corrected chi connectivity index (χ0v) is 11.1. The largest absolute Gasteiger partial charge is 0.399 e. The number of nitrogen functional groups attached to an aromatic ring is 1. The summed E-state index contributed by atoms with van der Waals surface area (Å²) in [6, 6.07) is 7.50. The zero-order chi connectivity index (χ0) is 12.9. The number of rotatable bonds is 6. The molecule has 1 atom stereocenters. The molecule has 0 fully saturated rings. The van der Waals surface area contributed by atoms with Crippen molar-refractivity contribution in [2.75, 3.05) is 18.0 Å². The van der Waals surface area contributed by atoms with Gasteiger partial charge in [0.2, 0.25) is 10.0 Å². The van der Waals surface area contributed by atoms with Crippen molar-refractivity contribution in [3.05, 3.63) is 29.8 Å². The van der Waals surface area contributed by atoms with E-state index < -0.39 is 10.0 Å². The third kappa shape index (κ3) is 4.75. The molecule has 0 heterocycles. The molecule has 0 aromatic heterocycles. The van der Waals surface area contributed by atoms with Crippen LogP contribution in [0.15, 0.2) is 24.3 Å². The maximum Gasteiger partial charge on any atom is 0.211 e. The topological polar surface area (TPSA) is 72.2 Å². The summed E-state index contributed by atoms with van der Waals surface area (Å²) < 4.78 is 25.6. The number of anilines is 1. The summed E-state index contributed by atoms with van der Waals surface area (Å²) in [5, 5.41) is 0. The predicted octanol–water partition coefficient (Wildman–Crippen LogP) is 1.70. The van der Waals surface area contributed by atoms with Crippen molar-refractivity contribution in [2.24, 2.45) is 0 Å². The molecular formula is C12H20N2O2S. The lowest BCUT2D eigenvalue weighted by Crippen LogP contribution is -2.29. The molecule has 0 bridgehead atoms. The highest BCUT2D eigenvalue weighted by molar-refractivity contribution is 7.89. The van der Waals surface area contributed by atoms with Crippen molar-refractivity contribution < 1.29 is 8.42 Å². The van der Waals surface area contributed by atoms with E-state index in [1.54, 1.807) is 0 Å². The average Bonchev–Trinajstić information content (AvgIpc) is 2.27. The van der Waals surface area contributed by atoms with E-state index in [1.165, 1.54) is 0 Å². The number of nitrogens with two attached hydrogens (primary N) is 1. The van der Waals surface area contributed by atoms with Crippen molar-refractivity contribution in [2.45, 2.75) is 26.2 Å². The summed E-state index contributed by atoms with van der Waals surface area (Å²) in [6.07, 6.45) is 0.631. The molecular weight excluding hydrogens is 236 g/mol. The van der Waals surface area contributed by atoms with E-state index >= 15 is 0 Å². The minimum Gasteiger partial charge on any atom is -0.399 e. The molecule has 0 saturated heterocycles. The number of hydrogen-bond donors (Lipinski definition) is 2. The molecule has 0 radical (unpaired) electrons. The van der Waals surface area contributed by atoms with Crippen LogP contribution in [-0.2, 0) is 10.0 Å². The van der Waals surface area contributed by atoms with Gasteiger partial charge in [-0.25, -0.2) is 13.1 Å². The van der Waals surface area contributed by atoms with Gasteiger partial charge in [0.25, 0.3) is 0 Å². The molecule has 0 spiro atoms. The van der Waals surface area contributed by atoms with Gasteiger partial charge >= 0.3 is 0 Å². The Labute approximate surface area is 103 Å². The Morgan fingerprint density at radius 1 is 1.29 bits per heavy atom. The van der Waals surface area contributed by atoms with Crippen LogP contribution >= 0.6 is 0 Å². The molecule has 5 heteroatoms. The van der Waals surface area contributed by atoms with E-state index in [9.17, 15) is 8.42 Å². The van der Waals surface area contributed by atoms with Crippen LogP contribution in [0.1, 0.15) is 31.7 Å². The highest BCUT2D eigenvalue weighted by atomic mass is 32.2. The fraction of sp³-hybridized carbons (Fsp3) is 0.500. The summed E-state index contributed by atoms with van der Waals surface area (Å²) in [4.78, 5) is 0. The summed E-state index contributed by atoms with van der Waals surface area (Å²) in [6.45, 7) is 4.26. The SMILES string of the molecule is CCCS(=O)(=O)NC[C@@H](C)c1ccc(N)cc1. The Hall–Kier alpha value is -1.07. The molecule has 0 amide bonds. The quantitative estimate of drug-likeness (QED) is 0.761. The Bertz CT molecular complexity index is 440. The van der Waals surface area contributed by atoms with Gasteiger partial charge in [-0.15, -0.1) is 0 Å². The van der Waals surface area contributed by atoms with Gasteiger partial charge in [-0.05, 0) is 30.0 Å². The molecule has 0 aliphatic carbocycles. The van der Waals surface area contributed by atoms with Gasteiger partial charge in [0.1, 0.15) is 0 Å². The van der Waals surface area contributed by atoms with E-state index in [-0.39, 0.29) is 11.7 Å². The Kier molecular flexibility index (Phi) is 4.96. The number of nitrogens with one attached hydrogen (secondary N) is 1. The first-order valence-electron chi connectivity index (χ1n) is 5.77.